The van der Waals surface area contributed by atoms with Gasteiger partial charge in [0.05, 0.1) is 0 Å². The zero-order valence-corrected chi connectivity index (χ0v) is 32.5. The molecule has 10 aromatic carbocycles. The number of para-hydroxylation sites is 1. The van der Waals surface area contributed by atoms with Crippen LogP contribution in [0.1, 0.15) is 0 Å². The molecule has 0 N–H and O–H groups in total. The molecule has 0 saturated heterocycles. The maximum Gasteiger partial charge on any atom is 0.0468 e. The lowest BCUT2D eigenvalue weighted by molar-refractivity contribution is 1.29. The predicted molar refractivity (Wildman–Crippen MR) is 251 cm³/mol. The average Bonchev–Trinajstić information content (AvgIpc) is 3.69. The van der Waals surface area contributed by atoms with Crippen molar-refractivity contribution in [1.82, 2.24) is 0 Å². The molecular weight excluding hydrogens is 719 g/mol. The van der Waals surface area contributed by atoms with E-state index in [0.717, 1.165) is 17.1 Å². The third-order valence-electron chi connectivity index (χ3n) is 11.5. The minimum Gasteiger partial charge on any atom is -0.310 e. The van der Waals surface area contributed by atoms with Gasteiger partial charge in [-0.1, -0.05) is 182 Å². The van der Waals surface area contributed by atoms with E-state index >= 15 is 0 Å². The van der Waals surface area contributed by atoms with E-state index in [1.165, 1.54) is 86.2 Å². The van der Waals surface area contributed by atoms with E-state index in [2.05, 4.69) is 229 Å². The number of thiophene rings is 1. The average molecular weight is 756 g/mol. The molecule has 272 valence electrons. The number of rotatable bonds is 7. The van der Waals surface area contributed by atoms with E-state index in [-0.39, 0.29) is 0 Å². The number of hydrogen-bond acceptors (Lipinski definition) is 2. The third-order valence-corrected chi connectivity index (χ3v) is 12.7. The number of benzene rings is 10. The van der Waals surface area contributed by atoms with Crippen LogP contribution >= 0.6 is 11.3 Å². The first kappa shape index (κ1) is 34.0. The van der Waals surface area contributed by atoms with Gasteiger partial charge in [-0.05, 0) is 109 Å². The standard InChI is InChI=1S/C56H37NS/c1-3-12-38(13-4-1)39-24-26-42(27-25-39)51-20-10-22-53-54-23-11-21-52(56(54)58-55(51)53)44-16-9-15-43(36-44)40-30-32-47(33-31-40)57(46-17-5-2-6-18-46)48-34-35-50-45(37-48)29-28-41-14-7-8-19-49(41)50/h1-37H. The van der Waals surface area contributed by atoms with Crippen LogP contribution in [0.15, 0.2) is 224 Å². The molecule has 0 fully saturated rings. The number of anilines is 3. The van der Waals surface area contributed by atoms with Crippen LogP contribution in [0.3, 0.4) is 0 Å². The molecular formula is C56H37NS. The Labute approximate surface area is 342 Å². The van der Waals surface area contributed by atoms with Gasteiger partial charge in [0.15, 0.2) is 0 Å². The third kappa shape index (κ3) is 6.03. The molecule has 0 radical (unpaired) electrons. The zero-order valence-electron chi connectivity index (χ0n) is 31.7. The molecule has 11 aromatic rings. The number of fused-ring (bicyclic) bond motifs is 6. The van der Waals surface area contributed by atoms with Crippen LogP contribution in [0.4, 0.5) is 17.1 Å². The van der Waals surface area contributed by atoms with Crippen molar-refractivity contribution in [3.63, 3.8) is 0 Å². The summed E-state index contributed by atoms with van der Waals surface area (Å²) in [5.41, 5.74) is 13.2. The highest BCUT2D eigenvalue weighted by atomic mass is 32.1. The lowest BCUT2D eigenvalue weighted by Crippen LogP contribution is -2.09. The van der Waals surface area contributed by atoms with E-state index in [4.69, 9.17) is 0 Å². The topological polar surface area (TPSA) is 3.24 Å². The van der Waals surface area contributed by atoms with Gasteiger partial charge in [0, 0.05) is 37.2 Å². The van der Waals surface area contributed by atoms with Gasteiger partial charge >= 0.3 is 0 Å². The molecule has 1 heterocycles. The summed E-state index contributed by atoms with van der Waals surface area (Å²) < 4.78 is 2.65. The number of hydrogen-bond donors (Lipinski definition) is 0. The van der Waals surface area contributed by atoms with Gasteiger partial charge in [0.2, 0.25) is 0 Å². The van der Waals surface area contributed by atoms with Crippen LogP contribution in [-0.4, -0.2) is 0 Å². The molecule has 0 spiro atoms. The summed E-state index contributed by atoms with van der Waals surface area (Å²) in [7, 11) is 0. The fourth-order valence-electron chi connectivity index (χ4n) is 8.58. The van der Waals surface area contributed by atoms with Crippen molar-refractivity contribution in [2.24, 2.45) is 0 Å². The minimum atomic E-state index is 1.12. The molecule has 58 heavy (non-hydrogen) atoms. The van der Waals surface area contributed by atoms with Crippen molar-refractivity contribution in [2.45, 2.75) is 0 Å². The first-order chi connectivity index (χ1) is 28.7. The van der Waals surface area contributed by atoms with Crippen molar-refractivity contribution >= 4 is 70.1 Å². The Kier molecular flexibility index (Phi) is 8.42. The predicted octanol–water partition coefficient (Wildman–Crippen LogP) is 16.5. The summed E-state index contributed by atoms with van der Waals surface area (Å²) >= 11 is 1.90. The molecule has 11 rings (SSSR count). The van der Waals surface area contributed by atoms with Crippen LogP contribution in [0.2, 0.25) is 0 Å². The number of nitrogens with zero attached hydrogens (tertiary/aromatic N) is 1. The van der Waals surface area contributed by atoms with Crippen molar-refractivity contribution in [3.05, 3.63) is 224 Å². The molecule has 0 amide bonds. The molecule has 0 saturated carbocycles. The Hall–Kier alpha value is -7.26. The largest absolute Gasteiger partial charge is 0.310 e. The van der Waals surface area contributed by atoms with Gasteiger partial charge in [-0.15, -0.1) is 11.3 Å². The van der Waals surface area contributed by atoms with Crippen LogP contribution < -0.4 is 4.90 Å². The van der Waals surface area contributed by atoms with Gasteiger partial charge in [-0.2, -0.15) is 0 Å². The van der Waals surface area contributed by atoms with Crippen LogP contribution in [0.5, 0.6) is 0 Å². The second kappa shape index (κ2) is 14.4. The highest BCUT2D eigenvalue weighted by Gasteiger charge is 2.16. The molecule has 0 aliphatic heterocycles. The Morgan fingerprint density at radius 3 is 1.50 bits per heavy atom. The minimum absolute atomic E-state index is 1.12. The van der Waals surface area contributed by atoms with E-state index in [1.807, 2.05) is 11.3 Å². The van der Waals surface area contributed by atoms with Crippen molar-refractivity contribution < 1.29 is 0 Å². The second-order valence-electron chi connectivity index (χ2n) is 14.9. The lowest BCUT2D eigenvalue weighted by atomic mass is 9.96. The Morgan fingerprint density at radius 1 is 0.259 bits per heavy atom. The summed E-state index contributed by atoms with van der Waals surface area (Å²) in [6.45, 7) is 0. The molecule has 1 aromatic heterocycles. The van der Waals surface area contributed by atoms with Gasteiger partial charge in [-0.3, -0.25) is 0 Å². The smallest absolute Gasteiger partial charge is 0.0468 e. The maximum absolute atomic E-state index is 2.35. The first-order valence-electron chi connectivity index (χ1n) is 19.8. The fraction of sp³-hybridized carbons (Fsp3) is 0. The Morgan fingerprint density at radius 2 is 0.741 bits per heavy atom. The molecule has 1 nitrogen and oxygen atoms in total. The van der Waals surface area contributed by atoms with Crippen molar-refractivity contribution in [1.29, 1.82) is 0 Å². The SMILES string of the molecule is c1ccc(-c2ccc(-c3cccc4c3sc3c(-c5cccc(-c6ccc(N(c7ccccc7)c7ccc8c(ccc9ccccc98)c7)cc6)c5)cccc34)cc2)cc1. The molecule has 0 unspecified atom stereocenters. The van der Waals surface area contributed by atoms with Crippen LogP contribution in [0, 0.1) is 0 Å². The van der Waals surface area contributed by atoms with Gasteiger partial charge in [0.1, 0.15) is 0 Å². The van der Waals surface area contributed by atoms with Crippen LogP contribution in [-0.2, 0) is 0 Å². The fourth-order valence-corrected chi connectivity index (χ4v) is 9.95. The summed E-state index contributed by atoms with van der Waals surface area (Å²) in [4.78, 5) is 2.35. The van der Waals surface area contributed by atoms with Gasteiger partial charge in [0.25, 0.3) is 0 Å². The molecule has 0 bridgehead atoms. The monoisotopic (exact) mass is 755 g/mol. The maximum atomic E-state index is 2.35. The van der Waals surface area contributed by atoms with E-state index in [1.54, 1.807) is 0 Å². The van der Waals surface area contributed by atoms with E-state index in [9.17, 15) is 0 Å². The molecule has 0 aliphatic carbocycles. The Balaban J connectivity index is 0.939. The highest BCUT2D eigenvalue weighted by Crippen LogP contribution is 2.45. The van der Waals surface area contributed by atoms with Gasteiger partial charge < -0.3 is 4.90 Å². The first-order valence-corrected chi connectivity index (χ1v) is 20.6. The van der Waals surface area contributed by atoms with Crippen molar-refractivity contribution in [3.8, 4) is 44.5 Å². The van der Waals surface area contributed by atoms with Crippen LogP contribution in [0.25, 0.3) is 86.2 Å². The van der Waals surface area contributed by atoms with E-state index in [0.29, 0.717) is 0 Å². The zero-order chi connectivity index (χ0) is 38.4. The highest BCUT2D eigenvalue weighted by molar-refractivity contribution is 7.26. The summed E-state index contributed by atoms with van der Waals surface area (Å²) in [6.07, 6.45) is 0. The lowest BCUT2D eigenvalue weighted by Gasteiger charge is -2.26. The van der Waals surface area contributed by atoms with Gasteiger partial charge in [-0.25, -0.2) is 0 Å². The molecule has 2 heteroatoms. The summed E-state index contributed by atoms with van der Waals surface area (Å²) in [5, 5.41) is 7.65. The summed E-state index contributed by atoms with van der Waals surface area (Å²) in [6, 6.07) is 81.7. The van der Waals surface area contributed by atoms with E-state index < -0.39 is 0 Å². The Bertz CT molecular complexity index is 3250. The normalized spacial score (nSPS) is 11.4. The second-order valence-corrected chi connectivity index (χ2v) is 15.9. The molecule has 0 atom stereocenters. The molecule has 0 aliphatic rings. The summed E-state index contributed by atoms with van der Waals surface area (Å²) in [5.74, 6) is 0. The quantitative estimate of drug-likeness (QED) is 0.146. The van der Waals surface area contributed by atoms with Crippen molar-refractivity contribution in [2.75, 3.05) is 4.90 Å².